The van der Waals surface area contributed by atoms with Crippen molar-refractivity contribution in [1.82, 2.24) is 36.1 Å². The number of carbonyl (C=O) groups excluding carboxylic acids is 6. The highest BCUT2D eigenvalue weighted by Crippen LogP contribution is 2.41. The molecule has 316 valence electrons. The van der Waals surface area contributed by atoms with E-state index < -0.39 is 65.3 Å². The molecule has 0 bridgehead atoms. The number of hydrogen-bond donors (Lipinski definition) is 6. The number of aromatic nitrogens is 1. The summed E-state index contributed by atoms with van der Waals surface area (Å²) in [6.07, 6.45) is 8.85. The fourth-order valence-electron chi connectivity index (χ4n) is 10.5. The number of nitrogens with zero attached hydrogens (tertiary/aromatic N) is 3. The highest BCUT2D eigenvalue weighted by molar-refractivity contribution is 6.00. The molecule has 0 unspecified atom stereocenters. The number of nitrogens with one attached hydrogen (secondary N) is 5. The molecule has 3 aromatic rings. The third kappa shape index (κ3) is 8.09. The van der Waals surface area contributed by atoms with E-state index in [2.05, 4.69) is 32.3 Å². The van der Waals surface area contributed by atoms with Crippen molar-refractivity contribution in [1.29, 1.82) is 5.26 Å². The van der Waals surface area contributed by atoms with E-state index in [1.807, 2.05) is 24.3 Å². The maximum atomic E-state index is 14.9. The molecule has 6 amide bonds. The SMILES string of the molecule is N#Cc1ccc(C[C@@H]2NC(=O)[C@H]3C[C@H]4CCCC[C@H]4N3C(=O)[C@H]3CCCN3C(=O)[C@H](CCN)NC(=O)[C@H](Cc3c[nH]c4ccccc34)NC(=O)C3(CCCC3)NC2=O)cc1. The van der Waals surface area contributed by atoms with Crippen molar-refractivity contribution < 1.29 is 28.8 Å². The smallest absolute Gasteiger partial charge is 0.246 e. The van der Waals surface area contributed by atoms with Crippen LogP contribution >= 0.6 is 0 Å². The van der Waals surface area contributed by atoms with Crippen molar-refractivity contribution in [3.63, 3.8) is 0 Å². The minimum atomic E-state index is -1.39. The van der Waals surface area contributed by atoms with Crippen LogP contribution in [0, 0.1) is 17.2 Å². The molecule has 1 spiro atoms. The van der Waals surface area contributed by atoms with Gasteiger partial charge in [-0.15, -0.1) is 0 Å². The molecular weight excluding hydrogens is 763 g/mol. The number of rotatable bonds is 6. The van der Waals surface area contributed by atoms with E-state index in [9.17, 15) is 34.0 Å². The number of carbonyl (C=O) groups is 6. The molecule has 7 N–H and O–H groups in total. The number of nitriles is 1. The first-order valence-electron chi connectivity index (χ1n) is 21.7. The number of hydrogen-bond acceptors (Lipinski definition) is 8. The molecule has 1 aromatic heterocycles. The third-order valence-electron chi connectivity index (χ3n) is 13.7. The van der Waals surface area contributed by atoms with Crippen molar-refractivity contribution in [3.05, 3.63) is 71.4 Å². The zero-order valence-electron chi connectivity index (χ0n) is 33.9. The maximum Gasteiger partial charge on any atom is 0.246 e. The van der Waals surface area contributed by atoms with Gasteiger partial charge in [-0.2, -0.15) is 5.26 Å². The molecular formula is C45H55N9O6. The quantitative estimate of drug-likeness (QED) is 0.216. The zero-order valence-corrected chi connectivity index (χ0v) is 33.9. The number of nitrogens with two attached hydrogens (primary N) is 1. The molecule has 2 aromatic carbocycles. The molecule has 15 heteroatoms. The van der Waals surface area contributed by atoms with Crippen molar-refractivity contribution in [2.45, 2.75) is 132 Å². The Kier molecular flexibility index (Phi) is 11.9. The predicted molar refractivity (Wildman–Crippen MR) is 221 cm³/mol. The molecule has 3 saturated heterocycles. The summed E-state index contributed by atoms with van der Waals surface area (Å²) in [7, 11) is 0. The van der Waals surface area contributed by atoms with Crippen molar-refractivity contribution in [2.75, 3.05) is 13.1 Å². The van der Waals surface area contributed by atoms with Crippen LogP contribution in [0.25, 0.3) is 10.9 Å². The topological polar surface area (TPSA) is 223 Å². The minimum Gasteiger partial charge on any atom is -0.361 e. The van der Waals surface area contributed by atoms with Crippen molar-refractivity contribution in [3.8, 4) is 6.07 Å². The Balaban J connectivity index is 1.19. The van der Waals surface area contributed by atoms with Gasteiger partial charge in [0, 0.05) is 42.5 Å². The lowest BCUT2D eigenvalue weighted by atomic mass is 9.84. The average molecular weight is 818 g/mol. The highest BCUT2D eigenvalue weighted by atomic mass is 16.2. The fourth-order valence-corrected chi connectivity index (χ4v) is 10.5. The van der Waals surface area contributed by atoms with Crippen LogP contribution in [0.2, 0.25) is 0 Å². The van der Waals surface area contributed by atoms with Gasteiger partial charge in [0.1, 0.15) is 35.7 Å². The van der Waals surface area contributed by atoms with Crippen LogP contribution in [0.5, 0.6) is 0 Å². The summed E-state index contributed by atoms with van der Waals surface area (Å²) in [6.45, 7) is 0.384. The second kappa shape index (κ2) is 17.5. The molecule has 15 nitrogen and oxygen atoms in total. The van der Waals surface area contributed by atoms with Gasteiger partial charge in [-0.1, -0.05) is 56.0 Å². The van der Waals surface area contributed by atoms with Gasteiger partial charge in [0.25, 0.3) is 0 Å². The van der Waals surface area contributed by atoms with Gasteiger partial charge >= 0.3 is 0 Å². The molecule has 0 radical (unpaired) electrons. The monoisotopic (exact) mass is 817 g/mol. The lowest BCUT2D eigenvalue weighted by Gasteiger charge is -2.38. The van der Waals surface area contributed by atoms with Crippen molar-refractivity contribution in [2.24, 2.45) is 11.7 Å². The lowest BCUT2D eigenvalue weighted by molar-refractivity contribution is -0.150. The van der Waals surface area contributed by atoms with E-state index in [0.717, 1.165) is 42.1 Å². The van der Waals surface area contributed by atoms with Gasteiger partial charge in [-0.05, 0) is 93.2 Å². The van der Waals surface area contributed by atoms with Gasteiger partial charge in [0.15, 0.2) is 0 Å². The first kappa shape index (κ1) is 41.0. The van der Waals surface area contributed by atoms with Gasteiger partial charge in [0.05, 0.1) is 11.6 Å². The molecule has 4 heterocycles. The molecule has 2 aliphatic carbocycles. The Morgan fingerprint density at radius 3 is 2.25 bits per heavy atom. The van der Waals surface area contributed by atoms with Crippen LogP contribution < -0.4 is 27.0 Å². The normalized spacial score (nSPS) is 28.8. The molecule has 5 fully saturated rings. The summed E-state index contributed by atoms with van der Waals surface area (Å²) >= 11 is 0. The second-order valence-electron chi connectivity index (χ2n) is 17.4. The van der Waals surface area contributed by atoms with Crippen molar-refractivity contribution >= 4 is 46.3 Å². The molecule has 7 atom stereocenters. The van der Waals surface area contributed by atoms with E-state index in [4.69, 9.17) is 5.73 Å². The van der Waals surface area contributed by atoms with Crippen LogP contribution in [-0.4, -0.2) is 105 Å². The number of amides is 6. The first-order valence-corrected chi connectivity index (χ1v) is 21.7. The Morgan fingerprint density at radius 1 is 0.750 bits per heavy atom. The Bertz CT molecular complexity index is 2170. The van der Waals surface area contributed by atoms with Crippen LogP contribution in [-0.2, 0) is 41.6 Å². The first-order chi connectivity index (χ1) is 29.1. The van der Waals surface area contributed by atoms with E-state index in [1.165, 1.54) is 0 Å². The van der Waals surface area contributed by atoms with E-state index in [1.54, 1.807) is 40.3 Å². The number of para-hydroxylation sites is 1. The summed E-state index contributed by atoms with van der Waals surface area (Å²) in [5.41, 5.74) is 7.42. The largest absolute Gasteiger partial charge is 0.361 e. The Labute approximate surface area is 349 Å². The minimum absolute atomic E-state index is 0.0630. The van der Waals surface area contributed by atoms with E-state index in [-0.39, 0.29) is 43.7 Å². The summed E-state index contributed by atoms with van der Waals surface area (Å²) in [4.78, 5) is 94.5. The van der Waals surface area contributed by atoms with Gasteiger partial charge in [-0.3, -0.25) is 28.8 Å². The molecule has 8 rings (SSSR count). The third-order valence-corrected chi connectivity index (χ3v) is 13.7. The van der Waals surface area contributed by atoms with Gasteiger partial charge in [-0.25, -0.2) is 0 Å². The Hall–Kier alpha value is -5.75. The fraction of sp³-hybridized carbons (Fsp3) is 0.533. The Morgan fingerprint density at radius 2 is 1.48 bits per heavy atom. The maximum absolute atomic E-state index is 14.9. The van der Waals surface area contributed by atoms with Gasteiger partial charge in [0.2, 0.25) is 35.4 Å². The van der Waals surface area contributed by atoms with E-state index in [0.29, 0.717) is 62.6 Å². The standard InChI is InChI=1S/C45H55N9O6/c46-20-17-33-42(58)53-21-7-12-37(53)43(59)54-36-11-4-1-8-29(36)24-38(54)41(57)50-34(22-27-13-15-28(25-47)16-14-27)40(56)52-45(18-5-6-19-45)44(60)51-35(39(55)49-33)23-30-26-48-32-10-3-2-9-31(30)32/h2-3,9-10,13-16,26,29,33-38,48H,1,4-8,11-12,17-24,46H2,(H,49,55)(H,50,57)(H,51,60)(H,52,56)/t29-,33+,34+,35+,36-,37-,38-/m1/s1. The summed E-state index contributed by atoms with van der Waals surface area (Å²) in [6, 6.07) is 11.2. The van der Waals surface area contributed by atoms with Crippen LogP contribution in [0.1, 0.15) is 93.7 Å². The molecule has 2 saturated carbocycles. The predicted octanol–water partition coefficient (Wildman–Crippen LogP) is 2.22. The highest BCUT2D eigenvalue weighted by Gasteiger charge is 2.52. The molecule has 60 heavy (non-hydrogen) atoms. The summed E-state index contributed by atoms with van der Waals surface area (Å²) < 4.78 is 0. The van der Waals surface area contributed by atoms with Crippen LogP contribution in [0.4, 0.5) is 0 Å². The summed E-state index contributed by atoms with van der Waals surface area (Å²) in [5.74, 6) is -2.77. The summed E-state index contributed by atoms with van der Waals surface area (Å²) in [5, 5.41) is 22.3. The second-order valence-corrected chi connectivity index (χ2v) is 17.4. The molecule has 3 aliphatic heterocycles. The van der Waals surface area contributed by atoms with Crippen LogP contribution in [0.3, 0.4) is 0 Å². The average Bonchev–Trinajstić information content (AvgIpc) is 4.09. The molecule has 5 aliphatic rings. The number of aromatic amines is 1. The van der Waals surface area contributed by atoms with Crippen LogP contribution in [0.15, 0.2) is 54.7 Å². The number of benzene rings is 2. The number of H-pyrrole nitrogens is 1. The zero-order chi connectivity index (χ0) is 42.0. The number of fused-ring (bicyclic) bond motifs is 5. The van der Waals surface area contributed by atoms with E-state index >= 15 is 0 Å². The van der Waals surface area contributed by atoms with Gasteiger partial charge < -0.3 is 41.8 Å². The lowest BCUT2D eigenvalue weighted by Crippen LogP contribution is -2.65.